The summed E-state index contributed by atoms with van der Waals surface area (Å²) in [6.07, 6.45) is 16.7. The molecule has 0 saturated heterocycles. The molecule has 1 aromatic heterocycles. The maximum atomic E-state index is 4.99. The van der Waals surface area contributed by atoms with Crippen molar-refractivity contribution in [1.82, 2.24) is 4.98 Å². The topological polar surface area (TPSA) is 16.1 Å². The number of anilines is 3. The van der Waals surface area contributed by atoms with E-state index >= 15 is 0 Å². The fourth-order valence-electron chi connectivity index (χ4n) is 8.03. The number of hydrogen-bond acceptors (Lipinski definition) is 2. The van der Waals surface area contributed by atoms with Crippen molar-refractivity contribution in [3.63, 3.8) is 0 Å². The summed E-state index contributed by atoms with van der Waals surface area (Å²) in [7, 11) is 0. The first-order valence-electron chi connectivity index (χ1n) is 14.2. The lowest BCUT2D eigenvalue weighted by atomic mass is 9.37. The second kappa shape index (κ2) is 7.40. The van der Waals surface area contributed by atoms with Crippen molar-refractivity contribution in [1.29, 1.82) is 0 Å². The molecule has 0 amide bonds. The van der Waals surface area contributed by atoms with Crippen LogP contribution in [0.3, 0.4) is 0 Å². The van der Waals surface area contributed by atoms with Crippen LogP contribution in [0, 0.1) is 0 Å². The molecule has 3 heterocycles. The van der Waals surface area contributed by atoms with Crippen LogP contribution in [0.2, 0.25) is 0 Å². The van der Waals surface area contributed by atoms with Crippen molar-refractivity contribution in [2.75, 3.05) is 4.90 Å². The van der Waals surface area contributed by atoms with Gasteiger partial charge >= 0.3 is 0 Å². The molecule has 0 spiro atoms. The van der Waals surface area contributed by atoms with E-state index in [0.29, 0.717) is 5.92 Å². The highest BCUT2D eigenvalue weighted by Gasteiger charge is 2.43. The SMILES string of the molecule is C1=CC2=CCc3cc(N4c5cccc6c5B(c5ccccc5-6)c5c4ccc4cccnc54)cc4c3C2C(=C1)C=C4. The van der Waals surface area contributed by atoms with Gasteiger partial charge in [-0.05, 0) is 92.0 Å². The molecule has 4 aromatic carbocycles. The third-order valence-electron chi connectivity index (χ3n) is 9.58. The van der Waals surface area contributed by atoms with Gasteiger partial charge in [-0.1, -0.05) is 90.4 Å². The molecule has 184 valence electrons. The second-order valence-electron chi connectivity index (χ2n) is 11.5. The normalized spacial score (nSPS) is 18.1. The zero-order valence-electron chi connectivity index (χ0n) is 21.8. The number of nitrogens with zero attached hydrogens (tertiary/aromatic N) is 2. The number of aromatic nitrogens is 1. The highest BCUT2D eigenvalue weighted by molar-refractivity contribution is 7.02. The minimum absolute atomic E-state index is 0.176. The fourth-order valence-corrected chi connectivity index (χ4v) is 8.03. The Hall–Kier alpha value is -4.89. The monoisotopic (exact) mass is 506 g/mol. The van der Waals surface area contributed by atoms with Gasteiger partial charge in [0.05, 0.1) is 5.52 Å². The first-order valence-corrected chi connectivity index (χ1v) is 14.2. The Morgan fingerprint density at radius 1 is 0.775 bits per heavy atom. The maximum absolute atomic E-state index is 4.99. The van der Waals surface area contributed by atoms with Crippen molar-refractivity contribution in [2.24, 2.45) is 0 Å². The molecule has 2 aliphatic heterocycles. The van der Waals surface area contributed by atoms with Crippen LogP contribution in [0.4, 0.5) is 17.1 Å². The molecule has 5 aromatic rings. The van der Waals surface area contributed by atoms with Crippen LogP contribution in [0.15, 0.2) is 127 Å². The molecule has 1 unspecified atom stereocenters. The van der Waals surface area contributed by atoms with Crippen LogP contribution in [-0.4, -0.2) is 11.7 Å². The van der Waals surface area contributed by atoms with E-state index in [1.165, 1.54) is 77.8 Å². The third kappa shape index (κ3) is 2.53. The smallest absolute Gasteiger partial charge is 0.251 e. The molecule has 0 fully saturated rings. The highest BCUT2D eigenvalue weighted by Crippen LogP contribution is 2.49. The first kappa shape index (κ1) is 21.0. The Morgan fingerprint density at radius 2 is 1.70 bits per heavy atom. The van der Waals surface area contributed by atoms with E-state index in [2.05, 4.69) is 114 Å². The highest BCUT2D eigenvalue weighted by atomic mass is 15.2. The molecule has 40 heavy (non-hydrogen) atoms. The minimum Gasteiger partial charge on any atom is -0.311 e. The first-order chi connectivity index (χ1) is 19.8. The molecular weight excluding hydrogens is 483 g/mol. The average Bonchev–Trinajstić information content (AvgIpc) is 3.35. The van der Waals surface area contributed by atoms with Crippen LogP contribution in [0.25, 0.3) is 28.1 Å². The molecule has 10 rings (SSSR count). The third-order valence-corrected chi connectivity index (χ3v) is 9.58. The number of allylic oxidation sites excluding steroid dienone is 7. The van der Waals surface area contributed by atoms with Gasteiger partial charge < -0.3 is 4.90 Å². The number of fused-ring (bicyclic) bond motifs is 7. The van der Waals surface area contributed by atoms with E-state index in [-0.39, 0.29) is 6.71 Å². The van der Waals surface area contributed by atoms with Crippen molar-refractivity contribution >= 4 is 57.1 Å². The Balaban J connectivity index is 1.28. The summed E-state index contributed by atoms with van der Waals surface area (Å²) in [6, 6.07) is 29.5. The molecular formula is C37H23BN2. The molecule has 3 aliphatic carbocycles. The van der Waals surface area contributed by atoms with Crippen LogP contribution >= 0.6 is 0 Å². The van der Waals surface area contributed by atoms with E-state index in [1.807, 2.05) is 12.3 Å². The molecule has 3 heteroatoms. The van der Waals surface area contributed by atoms with Gasteiger partial charge in [-0.3, -0.25) is 4.98 Å². The zero-order valence-corrected chi connectivity index (χ0v) is 21.8. The van der Waals surface area contributed by atoms with E-state index in [9.17, 15) is 0 Å². The van der Waals surface area contributed by atoms with Crippen LogP contribution in [0.1, 0.15) is 22.6 Å². The number of rotatable bonds is 1. The van der Waals surface area contributed by atoms with Crippen molar-refractivity contribution in [3.05, 3.63) is 143 Å². The van der Waals surface area contributed by atoms with Crippen LogP contribution in [0.5, 0.6) is 0 Å². The summed E-state index contributed by atoms with van der Waals surface area (Å²) in [5.41, 5.74) is 18.7. The van der Waals surface area contributed by atoms with Crippen molar-refractivity contribution in [3.8, 4) is 11.1 Å². The quantitative estimate of drug-likeness (QED) is 0.233. The molecule has 1 atom stereocenters. The standard InChI is InChI=1S/C37H23BN2/c1-2-11-30-28(9-1)29-10-4-12-31-35(29)38(30)36-32(18-17-24-8-5-19-39-37(24)36)40(31)27-20-25-15-13-22-6-3-7-23-14-16-26(21-27)34(25)33(22)23/h1-15,17-21,33H,16H2. The zero-order chi connectivity index (χ0) is 25.9. The van der Waals surface area contributed by atoms with Gasteiger partial charge in [-0.25, -0.2) is 0 Å². The summed E-state index contributed by atoms with van der Waals surface area (Å²) in [4.78, 5) is 7.50. The number of benzene rings is 4. The van der Waals surface area contributed by atoms with E-state index in [4.69, 9.17) is 4.98 Å². The predicted octanol–water partition coefficient (Wildman–Crippen LogP) is 6.60. The van der Waals surface area contributed by atoms with Crippen LogP contribution in [-0.2, 0) is 6.42 Å². The Bertz CT molecular complexity index is 2110. The lowest BCUT2D eigenvalue weighted by Gasteiger charge is -2.38. The van der Waals surface area contributed by atoms with Crippen molar-refractivity contribution < 1.29 is 0 Å². The number of pyridine rings is 1. The van der Waals surface area contributed by atoms with Crippen molar-refractivity contribution in [2.45, 2.75) is 12.3 Å². The summed E-state index contributed by atoms with van der Waals surface area (Å²) in [5.74, 6) is 0.365. The van der Waals surface area contributed by atoms with Gasteiger partial charge in [0.1, 0.15) is 0 Å². The Morgan fingerprint density at radius 3 is 2.70 bits per heavy atom. The molecule has 2 nitrogen and oxygen atoms in total. The lowest BCUT2D eigenvalue weighted by molar-refractivity contribution is 0.892. The Kier molecular flexibility index (Phi) is 3.88. The van der Waals surface area contributed by atoms with E-state index < -0.39 is 0 Å². The van der Waals surface area contributed by atoms with Gasteiger partial charge in [-0.15, -0.1) is 0 Å². The van der Waals surface area contributed by atoms with Gasteiger partial charge in [0, 0.05) is 29.2 Å². The molecule has 0 N–H and O–H groups in total. The van der Waals surface area contributed by atoms with E-state index in [1.54, 1.807) is 0 Å². The lowest BCUT2D eigenvalue weighted by Crippen LogP contribution is -2.55. The molecule has 0 bridgehead atoms. The van der Waals surface area contributed by atoms with Gasteiger partial charge in [0.25, 0.3) is 6.71 Å². The predicted molar refractivity (Wildman–Crippen MR) is 167 cm³/mol. The van der Waals surface area contributed by atoms with Gasteiger partial charge in [0.15, 0.2) is 0 Å². The summed E-state index contributed by atoms with van der Waals surface area (Å²) >= 11 is 0. The maximum Gasteiger partial charge on any atom is 0.251 e. The van der Waals surface area contributed by atoms with Crippen LogP contribution < -0.4 is 21.3 Å². The molecule has 5 aliphatic rings. The minimum atomic E-state index is 0.176. The average molecular weight is 506 g/mol. The molecule has 0 radical (unpaired) electrons. The summed E-state index contributed by atoms with van der Waals surface area (Å²) in [5, 5.41) is 1.19. The number of hydrogen-bond donors (Lipinski definition) is 0. The summed E-state index contributed by atoms with van der Waals surface area (Å²) < 4.78 is 0. The van der Waals surface area contributed by atoms with E-state index in [0.717, 1.165) is 11.9 Å². The fraction of sp³-hybridized carbons (Fsp3) is 0.0541. The Labute approximate surface area is 233 Å². The second-order valence-corrected chi connectivity index (χ2v) is 11.5. The van der Waals surface area contributed by atoms with Gasteiger partial charge in [0.2, 0.25) is 0 Å². The summed E-state index contributed by atoms with van der Waals surface area (Å²) in [6.45, 7) is 0.176. The van der Waals surface area contributed by atoms with Gasteiger partial charge in [-0.2, -0.15) is 0 Å². The molecule has 0 saturated carbocycles. The largest absolute Gasteiger partial charge is 0.311 e.